The topological polar surface area (TPSA) is 46.4 Å². The summed E-state index contributed by atoms with van der Waals surface area (Å²) in [6, 6.07) is 4.44. The fourth-order valence-electron chi connectivity index (χ4n) is 2.39. The second kappa shape index (κ2) is 6.27. The third kappa shape index (κ3) is 3.59. The van der Waals surface area contributed by atoms with Gasteiger partial charge in [-0.25, -0.2) is 4.98 Å². The van der Waals surface area contributed by atoms with E-state index in [1.165, 1.54) is 17.4 Å². The molecule has 0 radical (unpaired) electrons. The highest BCUT2D eigenvalue weighted by Gasteiger charge is 2.30. The van der Waals surface area contributed by atoms with Crippen LogP contribution in [0.2, 0.25) is 0 Å². The molecule has 24 heavy (non-hydrogen) atoms. The number of halogens is 3. The van der Waals surface area contributed by atoms with E-state index in [0.29, 0.717) is 11.3 Å². The summed E-state index contributed by atoms with van der Waals surface area (Å²) in [5.74, 6) is -0.286. The van der Waals surface area contributed by atoms with Crippen LogP contribution < -0.4 is 5.32 Å². The van der Waals surface area contributed by atoms with Crippen molar-refractivity contribution in [2.24, 2.45) is 0 Å². The standard InChI is InChI=1S/C16H14F3N3OS/c1-10(11-3-2-4-12(7-11)16(17,18)19)20-14(23)8-13-9-22-5-6-24-15(22)21-13/h2-7,9-10H,8H2,1H3,(H,20,23)/t10-/m1/s1. The number of hydrogen-bond donors (Lipinski definition) is 1. The Bertz CT molecular complexity index is 840. The summed E-state index contributed by atoms with van der Waals surface area (Å²) in [6.45, 7) is 1.65. The van der Waals surface area contributed by atoms with Crippen LogP contribution >= 0.6 is 11.3 Å². The van der Waals surface area contributed by atoms with Crippen LogP contribution in [0.1, 0.15) is 29.8 Å². The van der Waals surface area contributed by atoms with E-state index in [1.54, 1.807) is 19.2 Å². The van der Waals surface area contributed by atoms with Gasteiger partial charge in [0.2, 0.25) is 5.91 Å². The van der Waals surface area contributed by atoms with Crippen LogP contribution in [-0.4, -0.2) is 15.3 Å². The smallest absolute Gasteiger partial charge is 0.349 e. The lowest BCUT2D eigenvalue weighted by Gasteiger charge is -2.16. The highest BCUT2D eigenvalue weighted by molar-refractivity contribution is 7.15. The van der Waals surface area contributed by atoms with Gasteiger partial charge >= 0.3 is 6.18 Å². The molecule has 0 aliphatic rings. The van der Waals surface area contributed by atoms with Crippen molar-refractivity contribution >= 4 is 22.2 Å². The molecule has 2 aromatic heterocycles. The van der Waals surface area contributed by atoms with Crippen molar-refractivity contribution in [1.29, 1.82) is 0 Å². The number of imidazole rings is 1. The lowest BCUT2D eigenvalue weighted by molar-refractivity contribution is -0.137. The first-order valence-electron chi connectivity index (χ1n) is 7.20. The molecule has 1 N–H and O–H groups in total. The van der Waals surface area contributed by atoms with Gasteiger partial charge in [-0.05, 0) is 24.6 Å². The maximum absolute atomic E-state index is 12.8. The zero-order chi connectivity index (χ0) is 17.3. The minimum absolute atomic E-state index is 0.0811. The van der Waals surface area contributed by atoms with Crippen molar-refractivity contribution in [1.82, 2.24) is 14.7 Å². The Hall–Kier alpha value is -2.35. The molecule has 8 heteroatoms. The van der Waals surface area contributed by atoms with E-state index in [1.807, 2.05) is 16.0 Å². The van der Waals surface area contributed by atoms with E-state index in [-0.39, 0.29) is 12.3 Å². The number of carbonyl (C=O) groups is 1. The van der Waals surface area contributed by atoms with Crippen LogP contribution in [0.25, 0.3) is 4.96 Å². The zero-order valence-electron chi connectivity index (χ0n) is 12.7. The van der Waals surface area contributed by atoms with E-state index in [9.17, 15) is 18.0 Å². The molecule has 0 aliphatic heterocycles. The van der Waals surface area contributed by atoms with Gasteiger partial charge in [0.1, 0.15) is 0 Å². The number of aromatic nitrogens is 2. The maximum Gasteiger partial charge on any atom is 0.416 e. The van der Waals surface area contributed by atoms with Gasteiger partial charge in [-0.1, -0.05) is 12.1 Å². The van der Waals surface area contributed by atoms with Crippen LogP contribution in [0, 0.1) is 0 Å². The largest absolute Gasteiger partial charge is 0.416 e. The number of amides is 1. The molecule has 3 rings (SSSR count). The van der Waals surface area contributed by atoms with E-state index >= 15 is 0 Å². The number of benzene rings is 1. The van der Waals surface area contributed by atoms with Crippen molar-refractivity contribution in [3.63, 3.8) is 0 Å². The van der Waals surface area contributed by atoms with Crippen molar-refractivity contribution in [3.8, 4) is 0 Å². The molecule has 3 aromatic rings. The fourth-order valence-corrected chi connectivity index (χ4v) is 3.10. The summed E-state index contributed by atoms with van der Waals surface area (Å²) in [5.41, 5.74) is 0.301. The normalized spacial score (nSPS) is 13.2. The SMILES string of the molecule is C[C@@H](NC(=O)Cc1cn2ccsc2n1)c1cccc(C(F)(F)F)c1. The molecule has 0 unspecified atom stereocenters. The van der Waals surface area contributed by atoms with E-state index in [2.05, 4.69) is 10.3 Å². The molecular formula is C16H14F3N3OS. The third-order valence-corrected chi connectivity index (χ3v) is 4.35. The molecule has 2 heterocycles. The summed E-state index contributed by atoms with van der Waals surface area (Å²) >= 11 is 1.46. The van der Waals surface area contributed by atoms with Gasteiger partial charge in [0.25, 0.3) is 0 Å². The number of thiazole rings is 1. The van der Waals surface area contributed by atoms with Gasteiger partial charge in [0.15, 0.2) is 4.96 Å². The summed E-state index contributed by atoms with van der Waals surface area (Å²) in [4.78, 5) is 17.2. The molecule has 0 fully saturated rings. The van der Waals surface area contributed by atoms with Crippen molar-refractivity contribution in [2.75, 3.05) is 0 Å². The van der Waals surface area contributed by atoms with Crippen LogP contribution in [0.15, 0.2) is 42.0 Å². The molecule has 1 atom stereocenters. The minimum atomic E-state index is -4.40. The first-order chi connectivity index (χ1) is 11.3. The Morgan fingerprint density at radius 1 is 1.42 bits per heavy atom. The van der Waals surface area contributed by atoms with Gasteiger partial charge < -0.3 is 5.32 Å². The molecule has 0 saturated heterocycles. The van der Waals surface area contributed by atoms with Crippen molar-refractivity contribution in [3.05, 3.63) is 58.9 Å². The monoisotopic (exact) mass is 353 g/mol. The first-order valence-corrected chi connectivity index (χ1v) is 8.08. The van der Waals surface area contributed by atoms with Gasteiger partial charge in [-0.3, -0.25) is 9.20 Å². The molecule has 0 aliphatic carbocycles. The van der Waals surface area contributed by atoms with E-state index in [4.69, 9.17) is 0 Å². The summed E-state index contributed by atoms with van der Waals surface area (Å²) in [5, 5.41) is 4.60. The van der Waals surface area contributed by atoms with Gasteiger partial charge in [0, 0.05) is 17.8 Å². The summed E-state index contributed by atoms with van der Waals surface area (Å²) in [7, 11) is 0. The Morgan fingerprint density at radius 2 is 2.21 bits per heavy atom. The van der Waals surface area contributed by atoms with Gasteiger partial charge in [-0.2, -0.15) is 13.2 Å². The van der Waals surface area contributed by atoms with Crippen molar-refractivity contribution < 1.29 is 18.0 Å². The number of rotatable bonds is 4. The predicted molar refractivity (Wildman–Crippen MR) is 84.8 cm³/mol. The van der Waals surface area contributed by atoms with Crippen LogP contribution in [-0.2, 0) is 17.4 Å². The predicted octanol–water partition coefficient (Wildman–Crippen LogP) is 3.83. The number of hydrogen-bond acceptors (Lipinski definition) is 3. The second-order valence-corrected chi connectivity index (χ2v) is 6.29. The lowest BCUT2D eigenvalue weighted by atomic mass is 10.0. The lowest BCUT2D eigenvalue weighted by Crippen LogP contribution is -2.28. The number of alkyl halides is 3. The summed E-state index contributed by atoms with van der Waals surface area (Å²) < 4.78 is 40.1. The van der Waals surface area contributed by atoms with Gasteiger partial charge in [0.05, 0.1) is 23.7 Å². The molecule has 4 nitrogen and oxygen atoms in total. The van der Waals surface area contributed by atoms with Crippen molar-refractivity contribution in [2.45, 2.75) is 25.6 Å². The minimum Gasteiger partial charge on any atom is -0.349 e. The van der Waals surface area contributed by atoms with Crippen LogP contribution in [0.4, 0.5) is 13.2 Å². The average Bonchev–Trinajstić information content (AvgIpc) is 3.07. The maximum atomic E-state index is 12.8. The number of nitrogens with zero attached hydrogens (tertiary/aromatic N) is 2. The zero-order valence-corrected chi connectivity index (χ0v) is 13.5. The highest BCUT2D eigenvalue weighted by Crippen LogP contribution is 2.30. The highest BCUT2D eigenvalue weighted by atomic mass is 32.1. The Morgan fingerprint density at radius 3 is 2.92 bits per heavy atom. The molecule has 0 spiro atoms. The Labute approximate surface area is 139 Å². The van der Waals surface area contributed by atoms with E-state index in [0.717, 1.165) is 17.1 Å². The van der Waals surface area contributed by atoms with Crippen LogP contribution in [0.5, 0.6) is 0 Å². The van der Waals surface area contributed by atoms with E-state index < -0.39 is 17.8 Å². The number of nitrogens with one attached hydrogen (secondary N) is 1. The molecule has 0 bridgehead atoms. The third-order valence-electron chi connectivity index (χ3n) is 3.58. The first kappa shape index (κ1) is 16.5. The quantitative estimate of drug-likeness (QED) is 0.775. The molecule has 1 amide bonds. The molecule has 126 valence electrons. The van der Waals surface area contributed by atoms with Crippen LogP contribution in [0.3, 0.4) is 0 Å². The summed E-state index contributed by atoms with van der Waals surface area (Å²) in [6.07, 6.45) is -0.709. The Balaban J connectivity index is 1.66. The molecule has 1 aromatic carbocycles. The second-order valence-electron chi connectivity index (χ2n) is 5.41. The Kier molecular flexibility index (Phi) is 4.31. The van der Waals surface area contributed by atoms with Gasteiger partial charge in [-0.15, -0.1) is 11.3 Å². The average molecular weight is 353 g/mol. The number of fused-ring (bicyclic) bond motifs is 1. The number of carbonyl (C=O) groups excluding carboxylic acids is 1. The molecular weight excluding hydrogens is 339 g/mol. The fraction of sp³-hybridized carbons (Fsp3) is 0.250. The molecule has 0 saturated carbocycles.